The standard InChI is InChI=1S/C24H26BrClN2O3/c1-15-4-2-7-20(26)19(15)14-28(25)23(31)18-6-3-5-17-16(12-21(29)30)13-24(22(17)18)8-10-27-11-9-24/h2-7,16,27H,8-14H2,1H3,(H,29,30). The lowest BCUT2D eigenvalue weighted by atomic mass is 9.72. The predicted molar refractivity (Wildman–Crippen MR) is 125 cm³/mol. The Morgan fingerprint density at radius 2 is 1.94 bits per heavy atom. The molecule has 2 aliphatic rings. The van der Waals surface area contributed by atoms with Gasteiger partial charge < -0.3 is 10.4 Å². The van der Waals surface area contributed by atoms with E-state index in [1.165, 1.54) is 3.93 Å². The first-order valence-corrected chi connectivity index (χ1v) is 11.7. The largest absolute Gasteiger partial charge is 0.481 e. The second-order valence-electron chi connectivity index (χ2n) is 8.66. The molecule has 31 heavy (non-hydrogen) atoms. The van der Waals surface area contributed by atoms with Gasteiger partial charge in [0.05, 0.1) is 29.1 Å². The molecular weight excluding hydrogens is 480 g/mol. The molecule has 0 radical (unpaired) electrons. The summed E-state index contributed by atoms with van der Waals surface area (Å²) in [5.41, 5.74) is 4.51. The number of rotatable bonds is 5. The van der Waals surface area contributed by atoms with E-state index in [9.17, 15) is 14.7 Å². The Bertz CT molecular complexity index is 1000. The van der Waals surface area contributed by atoms with Gasteiger partial charge in [-0.3, -0.25) is 13.5 Å². The fourth-order valence-corrected chi connectivity index (χ4v) is 6.05. The minimum atomic E-state index is -0.796. The number of hydrogen-bond acceptors (Lipinski definition) is 3. The molecule has 1 atom stereocenters. The van der Waals surface area contributed by atoms with Crippen molar-refractivity contribution in [1.29, 1.82) is 0 Å². The van der Waals surface area contributed by atoms with Crippen molar-refractivity contribution >= 4 is 39.6 Å². The van der Waals surface area contributed by atoms with Crippen LogP contribution in [0.5, 0.6) is 0 Å². The van der Waals surface area contributed by atoms with Gasteiger partial charge in [-0.25, -0.2) is 0 Å². The van der Waals surface area contributed by atoms with Gasteiger partial charge >= 0.3 is 5.97 Å². The summed E-state index contributed by atoms with van der Waals surface area (Å²) in [7, 11) is 0. The number of benzene rings is 2. The van der Waals surface area contributed by atoms with Crippen LogP contribution in [0.25, 0.3) is 0 Å². The SMILES string of the molecule is Cc1cccc(Cl)c1CN(Br)C(=O)c1cccc2c1C1(CCNCC1)CC2CC(=O)O. The molecule has 2 N–H and O–H groups in total. The molecule has 1 spiro atoms. The van der Waals surface area contributed by atoms with Crippen molar-refractivity contribution in [3.05, 3.63) is 69.2 Å². The summed E-state index contributed by atoms with van der Waals surface area (Å²) in [5, 5.41) is 13.5. The Balaban J connectivity index is 1.72. The van der Waals surface area contributed by atoms with Crippen molar-refractivity contribution in [2.24, 2.45) is 0 Å². The number of nitrogens with one attached hydrogen (secondary N) is 1. The van der Waals surface area contributed by atoms with Gasteiger partial charge in [-0.15, -0.1) is 0 Å². The molecule has 5 nitrogen and oxygen atoms in total. The average molecular weight is 506 g/mol. The van der Waals surface area contributed by atoms with E-state index in [1.807, 2.05) is 43.3 Å². The zero-order valence-corrected chi connectivity index (χ0v) is 19.8. The Kier molecular flexibility index (Phi) is 6.42. The van der Waals surface area contributed by atoms with E-state index >= 15 is 0 Å². The van der Waals surface area contributed by atoms with Crippen LogP contribution in [0.15, 0.2) is 36.4 Å². The van der Waals surface area contributed by atoms with Crippen LogP contribution in [-0.4, -0.2) is 34.0 Å². The maximum Gasteiger partial charge on any atom is 0.303 e. The number of amides is 1. The first-order chi connectivity index (χ1) is 14.8. The first kappa shape index (κ1) is 22.3. The summed E-state index contributed by atoms with van der Waals surface area (Å²) in [6.07, 6.45) is 2.70. The van der Waals surface area contributed by atoms with Gasteiger partial charge in [0.2, 0.25) is 0 Å². The minimum Gasteiger partial charge on any atom is -0.481 e. The summed E-state index contributed by atoms with van der Waals surface area (Å²) in [6, 6.07) is 11.5. The summed E-state index contributed by atoms with van der Waals surface area (Å²) in [4.78, 5) is 25.1. The quantitative estimate of drug-likeness (QED) is 0.549. The normalized spacial score (nSPS) is 19.3. The average Bonchev–Trinajstić information content (AvgIpc) is 3.03. The van der Waals surface area contributed by atoms with Gasteiger partial charge in [-0.1, -0.05) is 35.9 Å². The molecule has 7 heteroatoms. The number of carboxylic acids is 1. The molecule has 2 aromatic carbocycles. The Hall–Kier alpha value is -1.89. The molecule has 1 aliphatic heterocycles. The number of fused-ring (bicyclic) bond motifs is 2. The smallest absolute Gasteiger partial charge is 0.303 e. The first-order valence-electron chi connectivity index (χ1n) is 10.6. The molecule has 0 saturated carbocycles. The third-order valence-electron chi connectivity index (χ3n) is 6.79. The maximum atomic E-state index is 13.6. The number of aliphatic carboxylic acids is 1. The highest BCUT2D eigenvalue weighted by molar-refractivity contribution is 9.07. The van der Waals surface area contributed by atoms with E-state index in [0.29, 0.717) is 17.1 Å². The number of piperidine rings is 1. The van der Waals surface area contributed by atoms with Crippen LogP contribution in [0, 0.1) is 6.92 Å². The van der Waals surface area contributed by atoms with Gasteiger partial charge in [0.25, 0.3) is 5.91 Å². The highest BCUT2D eigenvalue weighted by Gasteiger charge is 2.47. The highest BCUT2D eigenvalue weighted by atomic mass is 79.9. The zero-order chi connectivity index (χ0) is 22.2. The van der Waals surface area contributed by atoms with Crippen molar-refractivity contribution in [1.82, 2.24) is 9.24 Å². The summed E-state index contributed by atoms with van der Waals surface area (Å²) >= 11 is 9.86. The summed E-state index contributed by atoms with van der Waals surface area (Å²) in [5.74, 6) is -0.979. The van der Waals surface area contributed by atoms with Crippen molar-refractivity contribution in [3.63, 3.8) is 0 Å². The maximum absolute atomic E-state index is 13.6. The van der Waals surface area contributed by atoms with E-state index in [4.69, 9.17) is 11.6 Å². The molecule has 1 heterocycles. The summed E-state index contributed by atoms with van der Waals surface area (Å²) in [6.45, 7) is 4.07. The molecule has 1 saturated heterocycles. The number of halogens is 2. The molecule has 0 bridgehead atoms. The van der Waals surface area contributed by atoms with E-state index in [2.05, 4.69) is 21.5 Å². The van der Waals surface area contributed by atoms with Gasteiger partial charge in [-0.2, -0.15) is 0 Å². The molecule has 1 fully saturated rings. The number of carboxylic acid groups (broad SMARTS) is 1. The zero-order valence-electron chi connectivity index (χ0n) is 17.5. The third-order valence-corrected chi connectivity index (χ3v) is 7.71. The monoisotopic (exact) mass is 504 g/mol. The molecule has 1 amide bonds. The van der Waals surface area contributed by atoms with Crippen molar-refractivity contribution in [2.75, 3.05) is 13.1 Å². The van der Waals surface area contributed by atoms with Crippen LogP contribution in [0.3, 0.4) is 0 Å². The van der Waals surface area contributed by atoms with Crippen molar-refractivity contribution in [2.45, 2.75) is 50.5 Å². The second kappa shape index (κ2) is 8.93. The lowest BCUT2D eigenvalue weighted by Crippen LogP contribution is -2.39. The van der Waals surface area contributed by atoms with Gasteiger partial charge in [-0.05, 0) is 85.0 Å². The topological polar surface area (TPSA) is 69.6 Å². The van der Waals surface area contributed by atoms with Crippen molar-refractivity contribution < 1.29 is 14.7 Å². The third kappa shape index (κ3) is 4.26. The lowest BCUT2D eigenvalue weighted by molar-refractivity contribution is -0.137. The molecule has 164 valence electrons. The minimum absolute atomic E-state index is 0.0621. The van der Waals surface area contributed by atoms with Gasteiger partial charge in [0.15, 0.2) is 0 Å². The van der Waals surface area contributed by atoms with E-state index in [1.54, 1.807) is 0 Å². The van der Waals surface area contributed by atoms with Crippen molar-refractivity contribution in [3.8, 4) is 0 Å². The molecule has 4 rings (SSSR count). The van der Waals surface area contributed by atoms with Crippen LogP contribution < -0.4 is 5.32 Å². The molecule has 1 aliphatic carbocycles. The highest BCUT2D eigenvalue weighted by Crippen LogP contribution is 2.53. The van der Waals surface area contributed by atoms with Crippen LogP contribution in [0.4, 0.5) is 0 Å². The number of carbonyl (C=O) groups excluding carboxylic acids is 1. The van der Waals surface area contributed by atoms with E-state index < -0.39 is 5.97 Å². The fraction of sp³-hybridized carbons (Fsp3) is 0.417. The number of aryl methyl sites for hydroxylation is 1. The van der Waals surface area contributed by atoms with Crippen LogP contribution in [0.2, 0.25) is 5.02 Å². The predicted octanol–water partition coefficient (Wildman–Crippen LogP) is 5.18. The molecule has 1 unspecified atom stereocenters. The van der Waals surface area contributed by atoms with Gasteiger partial charge in [0, 0.05) is 10.6 Å². The fourth-order valence-electron chi connectivity index (χ4n) is 5.32. The Labute approximate surface area is 196 Å². The lowest BCUT2D eigenvalue weighted by Gasteiger charge is -2.36. The van der Waals surface area contributed by atoms with E-state index in [-0.39, 0.29) is 23.7 Å². The number of nitrogens with zero attached hydrogens (tertiary/aromatic N) is 1. The summed E-state index contributed by atoms with van der Waals surface area (Å²) < 4.78 is 1.54. The van der Waals surface area contributed by atoms with E-state index in [0.717, 1.165) is 54.6 Å². The van der Waals surface area contributed by atoms with Crippen LogP contribution in [0.1, 0.15) is 64.2 Å². The molecule has 2 aromatic rings. The van der Waals surface area contributed by atoms with Crippen LogP contribution in [-0.2, 0) is 16.8 Å². The molecular formula is C24H26BrClN2O3. The number of hydrogen-bond donors (Lipinski definition) is 2. The second-order valence-corrected chi connectivity index (χ2v) is 9.92. The molecule has 0 aromatic heterocycles. The Morgan fingerprint density at radius 1 is 1.23 bits per heavy atom. The van der Waals surface area contributed by atoms with Gasteiger partial charge in [0.1, 0.15) is 0 Å². The van der Waals surface area contributed by atoms with Crippen LogP contribution >= 0.6 is 27.7 Å². The number of carbonyl (C=O) groups is 2. The Morgan fingerprint density at radius 3 is 2.61 bits per heavy atom.